The molecule has 0 spiro atoms. The van der Waals surface area contributed by atoms with Crippen molar-refractivity contribution in [1.82, 2.24) is 25.8 Å². The van der Waals surface area contributed by atoms with Crippen molar-refractivity contribution < 1.29 is 51.4 Å². The number of likely N-dealkylation sites (N-methyl/N-ethyl adjacent to an activating group) is 1. The minimum Gasteiger partial charge on any atom is -0.444 e. The zero-order chi connectivity index (χ0) is 43.2. The summed E-state index contributed by atoms with van der Waals surface area (Å²) < 4.78 is 52.4. The van der Waals surface area contributed by atoms with E-state index in [2.05, 4.69) is 20.9 Å². The minimum absolute atomic E-state index is 0.0369. The molecule has 0 aromatic heterocycles. The van der Waals surface area contributed by atoms with Crippen LogP contribution < -0.4 is 16.0 Å². The quantitative estimate of drug-likeness (QED) is 0.180. The van der Waals surface area contributed by atoms with E-state index in [1.165, 1.54) is 16.7 Å². The number of aliphatic imine (C=N–C) groups is 1. The fourth-order valence-electron chi connectivity index (χ4n) is 8.00. The number of alkyl halides is 3. The number of likely N-dealkylation sites (tertiary alicyclic amines) is 1. The number of carbonyl (C=O) groups is 6. The third-order valence-electron chi connectivity index (χ3n) is 10.6. The standard InChI is InChI=1S/C41H59F3N6O8/c1-24(46-30(36(54)49(7)8)25-15-11-9-12-16-25)22-45-35(53)33(51)28(19-20-41(42,43)44)47-34(52)32-27-21-40(5,6)57-29(27)23-50(32)37(55)31(26-17-13-10-14-18-26)48-38(56)58-39(2,3)4/h9,11-12,15-16,26-32H,10,13-14,17-23H2,1-8H3,(H,45,53)(H,47,52)(H,48,56)/t27-,28?,29-,30-,31-,32-/m0/s1. The summed E-state index contributed by atoms with van der Waals surface area (Å²) in [5, 5.41) is 7.52. The van der Waals surface area contributed by atoms with Crippen LogP contribution in [0.25, 0.3) is 0 Å². The van der Waals surface area contributed by atoms with Crippen LogP contribution in [0.1, 0.15) is 105 Å². The number of ketones is 1. The van der Waals surface area contributed by atoms with Crippen molar-refractivity contribution in [3.63, 3.8) is 0 Å². The Kier molecular flexibility index (Phi) is 15.1. The van der Waals surface area contributed by atoms with Crippen molar-refractivity contribution in [3.8, 4) is 0 Å². The molecule has 17 heteroatoms. The summed E-state index contributed by atoms with van der Waals surface area (Å²) in [6, 6.07) is 3.48. The van der Waals surface area contributed by atoms with Crippen molar-refractivity contribution in [1.29, 1.82) is 0 Å². The van der Waals surface area contributed by atoms with Crippen molar-refractivity contribution in [3.05, 3.63) is 35.9 Å². The van der Waals surface area contributed by atoms with Gasteiger partial charge in [0.15, 0.2) is 6.04 Å². The lowest BCUT2D eigenvalue weighted by Gasteiger charge is -2.36. The zero-order valence-electron chi connectivity index (χ0n) is 34.7. The smallest absolute Gasteiger partial charge is 0.408 e. The van der Waals surface area contributed by atoms with Gasteiger partial charge in [0.1, 0.15) is 17.7 Å². The molecule has 322 valence electrons. The number of ether oxygens (including phenoxy) is 2. The van der Waals surface area contributed by atoms with Crippen LogP contribution in [0.15, 0.2) is 35.3 Å². The molecule has 0 bridgehead atoms. The van der Waals surface area contributed by atoms with E-state index in [1.54, 1.807) is 65.2 Å². The highest BCUT2D eigenvalue weighted by Gasteiger charge is 2.56. The lowest BCUT2D eigenvalue weighted by molar-refractivity contribution is -0.147. The van der Waals surface area contributed by atoms with Crippen LogP contribution >= 0.6 is 0 Å². The van der Waals surface area contributed by atoms with Crippen molar-refractivity contribution >= 4 is 41.2 Å². The second-order valence-corrected chi connectivity index (χ2v) is 17.4. The molecule has 0 radical (unpaired) electrons. The van der Waals surface area contributed by atoms with Crippen LogP contribution in [0.3, 0.4) is 0 Å². The molecule has 14 nitrogen and oxygen atoms in total. The van der Waals surface area contributed by atoms with E-state index in [9.17, 15) is 41.9 Å². The zero-order valence-corrected chi connectivity index (χ0v) is 34.7. The Morgan fingerprint density at radius 1 is 1.00 bits per heavy atom. The summed E-state index contributed by atoms with van der Waals surface area (Å²) in [5.74, 6) is -5.28. The molecule has 1 unspecified atom stereocenters. The maximum absolute atomic E-state index is 14.5. The van der Waals surface area contributed by atoms with Crippen LogP contribution in [0.5, 0.6) is 0 Å². The number of amides is 5. The summed E-state index contributed by atoms with van der Waals surface area (Å²) in [5.41, 5.74) is -0.713. The molecule has 1 aromatic carbocycles. The first kappa shape index (κ1) is 46.2. The first-order valence-electron chi connectivity index (χ1n) is 19.9. The number of hydrogen-bond donors (Lipinski definition) is 3. The normalized spacial score (nSPS) is 22.6. The molecular formula is C41H59F3N6O8. The molecule has 2 aliphatic heterocycles. The van der Waals surface area contributed by atoms with Gasteiger partial charge in [-0.05, 0) is 78.7 Å². The first-order chi connectivity index (χ1) is 27.0. The van der Waals surface area contributed by atoms with Gasteiger partial charge in [0.2, 0.25) is 17.6 Å². The Balaban J connectivity index is 1.58. The van der Waals surface area contributed by atoms with Gasteiger partial charge >= 0.3 is 12.3 Å². The van der Waals surface area contributed by atoms with E-state index in [1.807, 2.05) is 13.8 Å². The SMILES string of the molecule is CC(CNC(=O)C(=O)C(CCC(F)(F)F)NC(=O)[C@@H]1[C@H]2CC(C)(C)O[C@H]2CN1C(=O)[C@@H](NC(=O)OC(C)(C)C)C1CCCCC1)=N[C@H](C(=O)N(C)C)c1ccccc1. The average Bonchev–Trinajstić information content (AvgIpc) is 3.63. The van der Waals surface area contributed by atoms with Gasteiger partial charge in [-0.15, -0.1) is 0 Å². The van der Waals surface area contributed by atoms with Crippen molar-refractivity contribution in [2.75, 3.05) is 27.2 Å². The summed E-state index contributed by atoms with van der Waals surface area (Å²) in [6.45, 7) is 9.88. The number of rotatable bonds is 14. The Morgan fingerprint density at radius 2 is 1.64 bits per heavy atom. The van der Waals surface area contributed by atoms with Gasteiger partial charge in [-0.1, -0.05) is 49.6 Å². The van der Waals surface area contributed by atoms with Gasteiger partial charge < -0.3 is 35.2 Å². The summed E-state index contributed by atoms with van der Waals surface area (Å²) in [7, 11) is 3.13. The second-order valence-electron chi connectivity index (χ2n) is 17.4. The highest BCUT2D eigenvalue weighted by atomic mass is 19.4. The third kappa shape index (κ3) is 12.7. The summed E-state index contributed by atoms with van der Waals surface area (Å²) in [4.78, 5) is 88.8. The van der Waals surface area contributed by atoms with Gasteiger partial charge in [-0.25, -0.2) is 4.79 Å². The molecule has 3 aliphatic rings. The number of fused-ring (bicyclic) bond motifs is 1. The third-order valence-corrected chi connectivity index (χ3v) is 10.6. The highest BCUT2D eigenvalue weighted by molar-refractivity contribution is 6.38. The number of alkyl carbamates (subject to hydrolysis) is 1. The van der Waals surface area contributed by atoms with Crippen LogP contribution in [0.2, 0.25) is 0 Å². The Bertz CT molecular complexity index is 1690. The van der Waals surface area contributed by atoms with Gasteiger partial charge in [-0.2, -0.15) is 13.2 Å². The summed E-state index contributed by atoms with van der Waals surface area (Å²) >= 11 is 0. The molecule has 5 amide bonds. The predicted octanol–water partition coefficient (Wildman–Crippen LogP) is 4.66. The van der Waals surface area contributed by atoms with E-state index in [0.29, 0.717) is 24.8 Å². The Hall–Kier alpha value is -4.54. The second kappa shape index (κ2) is 19.0. The molecule has 1 saturated carbocycles. The van der Waals surface area contributed by atoms with Gasteiger partial charge in [0.25, 0.3) is 11.8 Å². The first-order valence-corrected chi connectivity index (χ1v) is 19.9. The molecule has 4 rings (SSSR count). The van der Waals surface area contributed by atoms with Crippen LogP contribution in [-0.4, -0.2) is 120 Å². The number of benzene rings is 1. The molecule has 1 aromatic rings. The molecule has 3 fully saturated rings. The maximum Gasteiger partial charge on any atom is 0.408 e. The molecule has 58 heavy (non-hydrogen) atoms. The van der Waals surface area contributed by atoms with Crippen LogP contribution in [0, 0.1) is 11.8 Å². The predicted molar refractivity (Wildman–Crippen MR) is 209 cm³/mol. The number of nitrogens with zero attached hydrogens (tertiary/aromatic N) is 3. The fraction of sp³-hybridized carbons (Fsp3) is 0.683. The van der Waals surface area contributed by atoms with Crippen LogP contribution in [0.4, 0.5) is 18.0 Å². The van der Waals surface area contributed by atoms with Crippen molar-refractivity contribution in [2.45, 2.75) is 141 Å². The molecule has 2 heterocycles. The number of Topliss-reactive ketones (excluding diaryl/α,β-unsaturated/α-hetero) is 1. The highest BCUT2D eigenvalue weighted by Crippen LogP contribution is 2.44. The van der Waals surface area contributed by atoms with E-state index >= 15 is 0 Å². The summed E-state index contributed by atoms with van der Waals surface area (Å²) in [6.07, 6.45) is -4.36. The molecule has 3 N–H and O–H groups in total. The lowest BCUT2D eigenvalue weighted by atomic mass is 9.83. The Labute approximate surface area is 338 Å². The topological polar surface area (TPSA) is 176 Å². The van der Waals surface area contributed by atoms with E-state index < -0.39 is 96.0 Å². The van der Waals surface area contributed by atoms with Crippen molar-refractivity contribution in [2.24, 2.45) is 16.8 Å². The maximum atomic E-state index is 14.5. The number of halogens is 3. The monoisotopic (exact) mass is 820 g/mol. The minimum atomic E-state index is -4.72. The molecule has 6 atom stereocenters. The van der Waals surface area contributed by atoms with Crippen LogP contribution in [-0.2, 0) is 33.4 Å². The Morgan fingerprint density at radius 3 is 2.22 bits per heavy atom. The fourth-order valence-corrected chi connectivity index (χ4v) is 8.00. The van der Waals surface area contributed by atoms with E-state index in [-0.39, 0.29) is 30.6 Å². The van der Waals surface area contributed by atoms with Gasteiger partial charge in [0, 0.05) is 38.7 Å². The van der Waals surface area contributed by atoms with Gasteiger partial charge in [-0.3, -0.25) is 29.0 Å². The molecule has 1 aliphatic carbocycles. The average molecular weight is 821 g/mol. The van der Waals surface area contributed by atoms with Gasteiger partial charge in [0.05, 0.1) is 24.3 Å². The number of carbonyl (C=O) groups excluding carboxylic acids is 6. The number of hydrogen-bond acceptors (Lipinski definition) is 9. The van der Waals surface area contributed by atoms with E-state index in [0.717, 1.165) is 19.3 Å². The largest absolute Gasteiger partial charge is 0.444 e. The molecular weight excluding hydrogens is 761 g/mol. The lowest BCUT2D eigenvalue weighted by Crippen LogP contribution is -2.59. The van der Waals surface area contributed by atoms with E-state index in [4.69, 9.17) is 9.47 Å². The number of nitrogens with one attached hydrogen (secondary N) is 3. The molecule has 2 saturated heterocycles.